The van der Waals surface area contributed by atoms with Crippen LogP contribution in [0.2, 0.25) is 0 Å². The fourth-order valence-electron chi connectivity index (χ4n) is 3.89. The van der Waals surface area contributed by atoms with Crippen molar-refractivity contribution < 1.29 is 4.74 Å². The largest absolute Gasteiger partial charge is 0.378 e. The first kappa shape index (κ1) is 19.5. The first-order valence-corrected chi connectivity index (χ1v) is 11.4. The van der Waals surface area contributed by atoms with Crippen molar-refractivity contribution in [2.45, 2.75) is 19.7 Å². The molecule has 1 aliphatic heterocycles. The van der Waals surface area contributed by atoms with Crippen LogP contribution in [0.1, 0.15) is 16.0 Å². The topological polar surface area (TPSA) is 43.2 Å². The minimum Gasteiger partial charge on any atom is -0.378 e. The second-order valence-corrected chi connectivity index (χ2v) is 8.95. The maximum atomic E-state index is 6.21. The summed E-state index contributed by atoms with van der Waals surface area (Å²) in [6.45, 7) is 7.44. The molecule has 1 aromatic carbocycles. The van der Waals surface area contributed by atoms with Crippen molar-refractivity contribution in [2.75, 3.05) is 31.2 Å². The summed E-state index contributed by atoms with van der Waals surface area (Å²) in [5.41, 5.74) is 6.64. The van der Waals surface area contributed by atoms with Crippen molar-refractivity contribution in [1.29, 1.82) is 0 Å². The van der Waals surface area contributed by atoms with Crippen LogP contribution >= 0.6 is 22.9 Å². The molecule has 3 aromatic heterocycles. The predicted octanol–water partition coefficient (Wildman–Crippen LogP) is 5.34. The van der Waals surface area contributed by atoms with Crippen LogP contribution in [0.5, 0.6) is 0 Å². The Hall–Kier alpha value is -2.41. The van der Waals surface area contributed by atoms with Crippen LogP contribution in [0.4, 0.5) is 5.69 Å². The van der Waals surface area contributed by atoms with Gasteiger partial charge in [0.15, 0.2) is 5.82 Å². The second-order valence-electron chi connectivity index (χ2n) is 7.58. The Morgan fingerprint density at radius 3 is 2.73 bits per heavy atom. The summed E-state index contributed by atoms with van der Waals surface area (Å²) in [4.78, 5) is 8.55. The molecule has 0 amide bonds. The molecular weight excluding hydrogens is 416 g/mol. The lowest BCUT2D eigenvalue weighted by atomic mass is 10.1. The molecular formula is C23H23ClN4OS. The van der Waals surface area contributed by atoms with Gasteiger partial charge in [0, 0.05) is 35.8 Å². The molecule has 0 saturated carbocycles. The summed E-state index contributed by atoms with van der Waals surface area (Å²) in [6, 6.07) is 12.6. The van der Waals surface area contributed by atoms with Gasteiger partial charge in [0.2, 0.25) is 0 Å². The normalized spacial score (nSPS) is 14.6. The zero-order valence-electron chi connectivity index (χ0n) is 17.1. The lowest BCUT2D eigenvalue weighted by Crippen LogP contribution is -2.36. The zero-order chi connectivity index (χ0) is 20.7. The van der Waals surface area contributed by atoms with E-state index in [9.17, 15) is 0 Å². The lowest BCUT2D eigenvalue weighted by molar-refractivity contribution is 0.123. The molecule has 154 valence electrons. The maximum Gasteiger partial charge on any atom is 0.156 e. The van der Waals surface area contributed by atoms with Gasteiger partial charge in [-0.05, 0) is 31.5 Å². The van der Waals surface area contributed by atoms with E-state index in [1.54, 1.807) is 11.3 Å². The molecule has 1 saturated heterocycles. The number of thiophene rings is 1. The Labute approximate surface area is 184 Å². The third-order valence-corrected chi connectivity index (χ3v) is 7.28. The third kappa shape index (κ3) is 3.49. The third-order valence-electron chi connectivity index (χ3n) is 5.55. The number of alkyl halides is 1. The monoisotopic (exact) mass is 438 g/mol. The van der Waals surface area contributed by atoms with Crippen molar-refractivity contribution in [3.8, 4) is 17.1 Å². The fraction of sp³-hybridized carbons (Fsp3) is 0.304. The average Bonchev–Trinajstić information content (AvgIpc) is 3.39. The molecule has 0 spiro atoms. The van der Waals surface area contributed by atoms with Gasteiger partial charge in [-0.15, -0.1) is 22.9 Å². The average molecular weight is 439 g/mol. The van der Waals surface area contributed by atoms with Crippen LogP contribution in [-0.4, -0.2) is 41.1 Å². The van der Waals surface area contributed by atoms with Gasteiger partial charge >= 0.3 is 0 Å². The number of hydrogen-bond acceptors (Lipinski definition) is 5. The molecule has 0 N–H and O–H groups in total. The van der Waals surface area contributed by atoms with E-state index >= 15 is 0 Å². The van der Waals surface area contributed by atoms with E-state index in [0.29, 0.717) is 5.88 Å². The Morgan fingerprint density at radius 1 is 1.13 bits per heavy atom. The van der Waals surface area contributed by atoms with E-state index in [0.717, 1.165) is 54.5 Å². The number of pyridine rings is 1. The number of fused-ring (bicyclic) bond motifs is 1. The van der Waals surface area contributed by atoms with Crippen LogP contribution in [0.25, 0.3) is 27.3 Å². The smallest absolute Gasteiger partial charge is 0.156 e. The van der Waals surface area contributed by atoms with E-state index in [1.165, 1.54) is 20.8 Å². The van der Waals surface area contributed by atoms with Gasteiger partial charge in [0.25, 0.3) is 0 Å². The molecule has 5 nitrogen and oxygen atoms in total. The van der Waals surface area contributed by atoms with Crippen LogP contribution in [0.3, 0.4) is 0 Å². The predicted molar refractivity (Wildman–Crippen MR) is 124 cm³/mol. The number of rotatable bonds is 4. The molecule has 7 heteroatoms. The highest BCUT2D eigenvalue weighted by Gasteiger charge is 2.21. The molecule has 1 aliphatic rings. The maximum absolute atomic E-state index is 6.21. The Bertz CT molecular complexity index is 1210. The highest BCUT2D eigenvalue weighted by atomic mass is 35.5. The molecule has 4 aromatic rings. The highest BCUT2D eigenvalue weighted by molar-refractivity contribution is 7.20. The highest BCUT2D eigenvalue weighted by Crippen LogP contribution is 2.38. The van der Waals surface area contributed by atoms with Crippen molar-refractivity contribution >= 4 is 38.8 Å². The summed E-state index contributed by atoms with van der Waals surface area (Å²) in [6.07, 6.45) is 1.99. The minimum absolute atomic E-state index is 0.504. The number of benzene rings is 1. The van der Waals surface area contributed by atoms with Gasteiger partial charge in [-0.25, -0.2) is 9.67 Å². The van der Waals surface area contributed by atoms with E-state index in [1.807, 2.05) is 16.9 Å². The van der Waals surface area contributed by atoms with Crippen LogP contribution in [0.15, 0.2) is 42.6 Å². The van der Waals surface area contributed by atoms with Gasteiger partial charge in [0.05, 0.1) is 40.7 Å². The molecule has 0 unspecified atom stereocenters. The standard InChI is InChI=1S/C23H23ClN4OS/c1-15-4-3-5-17(12-15)18-6-7-28(26-18)21-13-19(27-8-10-29-11-9-27)23-22(25-21)16(2)20(14-24)30-23/h3-7,12-13H,8-11,14H2,1-2H3. The lowest BCUT2D eigenvalue weighted by Gasteiger charge is -2.29. The molecule has 1 fully saturated rings. The van der Waals surface area contributed by atoms with E-state index in [2.05, 4.69) is 49.1 Å². The van der Waals surface area contributed by atoms with Gasteiger partial charge in [-0.3, -0.25) is 0 Å². The number of nitrogens with zero attached hydrogens (tertiary/aromatic N) is 4. The van der Waals surface area contributed by atoms with Crippen molar-refractivity contribution in [3.05, 3.63) is 58.6 Å². The Morgan fingerprint density at radius 2 is 1.97 bits per heavy atom. The zero-order valence-corrected chi connectivity index (χ0v) is 18.6. The number of aryl methyl sites for hydroxylation is 2. The van der Waals surface area contributed by atoms with E-state index < -0.39 is 0 Å². The Kier molecular flexibility index (Phi) is 5.23. The van der Waals surface area contributed by atoms with Crippen LogP contribution < -0.4 is 4.90 Å². The van der Waals surface area contributed by atoms with Crippen LogP contribution in [0, 0.1) is 13.8 Å². The molecule has 0 bridgehead atoms. The SMILES string of the molecule is Cc1cccc(-c2ccn(-c3cc(N4CCOCC4)c4sc(CCl)c(C)c4n3)n2)c1. The number of hydrogen-bond donors (Lipinski definition) is 0. The summed E-state index contributed by atoms with van der Waals surface area (Å²) >= 11 is 7.96. The first-order valence-electron chi connectivity index (χ1n) is 10.1. The number of halogens is 1. The van der Waals surface area contributed by atoms with Crippen molar-refractivity contribution in [1.82, 2.24) is 14.8 Å². The number of aromatic nitrogens is 3. The van der Waals surface area contributed by atoms with Gasteiger partial charge in [-0.2, -0.15) is 5.10 Å². The number of ether oxygens (including phenoxy) is 1. The molecule has 0 aliphatic carbocycles. The summed E-state index contributed by atoms with van der Waals surface area (Å²) in [5, 5.41) is 4.83. The molecule has 0 atom stereocenters. The summed E-state index contributed by atoms with van der Waals surface area (Å²) in [5.74, 6) is 1.33. The summed E-state index contributed by atoms with van der Waals surface area (Å²) < 4.78 is 8.64. The number of morpholine rings is 1. The molecule has 4 heterocycles. The molecule has 30 heavy (non-hydrogen) atoms. The second kappa shape index (κ2) is 8.02. The fourth-order valence-corrected chi connectivity index (χ4v) is 5.39. The Balaban J connectivity index is 1.63. The minimum atomic E-state index is 0.504. The number of anilines is 1. The first-order chi connectivity index (χ1) is 14.6. The molecule has 5 rings (SSSR count). The van der Waals surface area contributed by atoms with E-state index in [4.69, 9.17) is 26.4 Å². The van der Waals surface area contributed by atoms with Crippen LogP contribution in [-0.2, 0) is 10.6 Å². The van der Waals surface area contributed by atoms with Gasteiger partial charge < -0.3 is 9.64 Å². The van der Waals surface area contributed by atoms with Gasteiger partial charge in [0.1, 0.15) is 0 Å². The summed E-state index contributed by atoms with van der Waals surface area (Å²) in [7, 11) is 0. The van der Waals surface area contributed by atoms with Gasteiger partial charge in [-0.1, -0.05) is 23.8 Å². The quantitative estimate of drug-likeness (QED) is 0.403. The van der Waals surface area contributed by atoms with Crippen molar-refractivity contribution in [2.24, 2.45) is 0 Å². The van der Waals surface area contributed by atoms with Crippen molar-refractivity contribution in [3.63, 3.8) is 0 Å². The van der Waals surface area contributed by atoms with E-state index in [-0.39, 0.29) is 0 Å². The molecule has 0 radical (unpaired) electrons.